The largest absolute Gasteiger partial charge is 0.481 e. The molecule has 19 heavy (non-hydrogen) atoms. The minimum atomic E-state index is -0.850. The monoisotopic (exact) mass is 322 g/mol. The number of hydrogen-bond acceptors (Lipinski definition) is 2. The van der Waals surface area contributed by atoms with Gasteiger partial charge in [0.25, 0.3) is 0 Å². The Morgan fingerprint density at radius 1 is 1.42 bits per heavy atom. The van der Waals surface area contributed by atoms with Crippen LogP contribution < -0.4 is 0 Å². The standard InChI is InChI=1S/C14H15BrN2O2/c1-8-4-5-10(15)6-11(8)14-9(2)16-17(3)12(14)7-13(18)19/h4-6H,7H2,1-3H3,(H,18,19). The number of carbonyl (C=O) groups is 1. The molecule has 5 heteroatoms. The van der Waals surface area contributed by atoms with Gasteiger partial charge in [-0.25, -0.2) is 0 Å². The van der Waals surface area contributed by atoms with E-state index in [1.165, 1.54) is 0 Å². The van der Waals surface area contributed by atoms with Crippen LogP contribution in [0.3, 0.4) is 0 Å². The first-order valence-electron chi connectivity index (χ1n) is 5.91. The van der Waals surface area contributed by atoms with E-state index >= 15 is 0 Å². The van der Waals surface area contributed by atoms with Crippen molar-refractivity contribution in [3.05, 3.63) is 39.6 Å². The van der Waals surface area contributed by atoms with Crippen molar-refractivity contribution in [1.82, 2.24) is 9.78 Å². The van der Waals surface area contributed by atoms with Gasteiger partial charge in [0.2, 0.25) is 0 Å². The summed E-state index contributed by atoms with van der Waals surface area (Å²) in [6, 6.07) is 5.99. The van der Waals surface area contributed by atoms with Gasteiger partial charge < -0.3 is 5.11 Å². The molecule has 0 amide bonds. The Morgan fingerprint density at radius 3 is 2.74 bits per heavy atom. The highest BCUT2D eigenvalue weighted by molar-refractivity contribution is 9.10. The van der Waals surface area contributed by atoms with Crippen LogP contribution in [-0.2, 0) is 18.3 Å². The molecular weight excluding hydrogens is 308 g/mol. The number of aryl methyl sites for hydroxylation is 3. The predicted octanol–water partition coefficient (Wildman–Crippen LogP) is 3.09. The predicted molar refractivity (Wildman–Crippen MR) is 77.2 cm³/mol. The molecule has 0 saturated carbocycles. The Morgan fingerprint density at radius 2 is 2.11 bits per heavy atom. The molecule has 1 N–H and O–H groups in total. The fraction of sp³-hybridized carbons (Fsp3) is 0.286. The lowest BCUT2D eigenvalue weighted by Crippen LogP contribution is -2.07. The Labute approximate surface area is 120 Å². The average Bonchev–Trinajstić information content (AvgIpc) is 2.57. The normalized spacial score (nSPS) is 10.7. The van der Waals surface area contributed by atoms with Gasteiger partial charge in [-0.05, 0) is 37.1 Å². The van der Waals surface area contributed by atoms with Crippen molar-refractivity contribution in [2.75, 3.05) is 0 Å². The third kappa shape index (κ3) is 2.71. The summed E-state index contributed by atoms with van der Waals surface area (Å²) in [6.45, 7) is 3.92. The van der Waals surface area contributed by atoms with E-state index in [9.17, 15) is 4.79 Å². The molecular formula is C14H15BrN2O2. The number of hydrogen-bond donors (Lipinski definition) is 1. The van der Waals surface area contributed by atoms with Crippen molar-refractivity contribution in [3.8, 4) is 11.1 Å². The van der Waals surface area contributed by atoms with Gasteiger partial charge >= 0.3 is 5.97 Å². The zero-order valence-electron chi connectivity index (χ0n) is 11.1. The maximum Gasteiger partial charge on any atom is 0.309 e. The van der Waals surface area contributed by atoms with Crippen LogP contribution in [0, 0.1) is 13.8 Å². The van der Waals surface area contributed by atoms with Gasteiger partial charge in [-0.1, -0.05) is 22.0 Å². The summed E-state index contributed by atoms with van der Waals surface area (Å²) in [4.78, 5) is 11.0. The van der Waals surface area contributed by atoms with Crippen LogP contribution in [0.25, 0.3) is 11.1 Å². The Bertz CT molecular complexity index is 647. The van der Waals surface area contributed by atoms with Crippen LogP contribution >= 0.6 is 15.9 Å². The third-order valence-electron chi connectivity index (χ3n) is 3.13. The van der Waals surface area contributed by atoms with Crippen molar-refractivity contribution >= 4 is 21.9 Å². The fourth-order valence-electron chi connectivity index (χ4n) is 2.27. The molecule has 1 aromatic carbocycles. The van der Waals surface area contributed by atoms with Gasteiger partial charge in [-0.2, -0.15) is 5.10 Å². The highest BCUT2D eigenvalue weighted by Gasteiger charge is 2.18. The SMILES string of the molecule is Cc1ccc(Br)cc1-c1c(C)nn(C)c1CC(=O)O. The molecule has 0 aliphatic carbocycles. The van der Waals surface area contributed by atoms with Crippen molar-refractivity contribution in [1.29, 1.82) is 0 Å². The number of carboxylic acids is 1. The summed E-state index contributed by atoms with van der Waals surface area (Å²) in [5.41, 5.74) is 4.62. The van der Waals surface area contributed by atoms with E-state index in [0.717, 1.165) is 32.6 Å². The van der Waals surface area contributed by atoms with Gasteiger partial charge in [-0.3, -0.25) is 9.48 Å². The summed E-state index contributed by atoms with van der Waals surface area (Å²) in [6.07, 6.45) is -0.0291. The third-order valence-corrected chi connectivity index (χ3v) is 3.62. The molecule has 4 nitrogen and oxygen atoms in total. The minimum absolute atomic E-state index is 0.0291. The van der Waals surface area contributed by atoms with Gasteiger partial charge in [-0.15, -0.1) is 0 Å². The Hall–Kier alpha value is -1.62. The molecule has 100 valence electrons. The zero-order chi connectivity index (χ0) is 14.2. The summed E-state index contributed by atoms with van der Waals surface area (Å²) in [5, 5.41) is 13.4. The van der Waals surface area contributed by atoms with Crippen LogP contribution in [-0.4, -0.2) is 20.9 Å². The number of rotatable bonds is 3. The number of halogens is 1. The molecule has 2 aromatic rings. The molecule has 0 aliphatic rings. The minimum Gasteiger partial charge on any atom is -0.481 e. The van der Waals surface area contributed by atoms with Crippen molar-refractivity contribution in [2.45, 2.75) is 20.3 Å². The van der Waals surface area contributed by atoms with Crippen molar-refractivity contribution in [3.63, 3.8) is 0 Å². The van der Waals surface area contributed by atoms with Crippen LogP contribution in [0.1, 0.15) is 17.0 Å². The van der Waals surface area contributed by atoms with E-state index in [2.05, 4.69) is 21.0 Å². The van der Waals surface area contributed by atoms with Crippen LogP contribution in [0.5, 0.6) is 0 Å². The first-order valence-corrected chi connectivity index (χ1v) is 6.70. The van der Waals surface area contributed by atoms with E-state index < -0.39 is 5.97 Å². The second kappa shape index (κ2) is 5.17. The lowest BCUT2D eigenvalue weighted by atomic mass is 9.97. The molecule has 2 rings (SSSR count). The van der Waals surface area contributed by atoms with Crippen LogP contribution in [0.4, 0.5) is 0 Å². The average molecular weight is 323 g/mol. The first kappa shape index (κ1) is 13.8. The van der Waals surface area contributed by atoms with Gasteiger partial charge in [0.15, 0.2) is 0 Å². The highest BCUT2D eigenvalue weighted by atomic mass is 79.9. The topological polar surface area (TPSA) is 55.1 Å². The molecule has 0 aliphatic heterocycles. The van der Waals surface area contributed by atoms with E-state index in [-0.39, 0.29) is 6.42 Å². The van der Waals surface area contributed by atoms with Crippen LogP contribution in [0.15, 0.2) is 22.7 Å². The summed E-state index contributed by atoms with van der Waals surface area (Å²) in [7, 11) is 1.78. The summed E-state index contributed by atoms with van der Waals surface area (Å²) >= 11 is 3.46. The zero-order valence-corrected chi connectivity index (χ0v) is 12.7. The number of carboxylic acid groups (broad SMARTS) is 1. The van der Waals surface area contributed by atoms with Crippen molar-refractivity contribution < 1.29 is 9.90 Å². The summed E-state index contributed by atoms with van der Waals surface area (Å²) in [5.74, 6) is -0.850. The maximum absolute atomic E-state index is 11.0. The number of benzene rings is 1. The molecule has 0 unspecified atom stereocenters. The molecule has 1 heterocycles. The molecule has 0 spiro atoms. The second-order valence-electron chi connectivity index (χ2n) is 4.56. The number of aliphatic carboxylic acids is 1. The molecule has 0 atom stereocenters. The van der Waals surface area contributed by atoms with Gasteiger partial charge in [0.05, 0.1) is 17.8 Å². The molecule has 0 bridgehead atoms. The summed E-state index contributed by atoms with van der Waals surface area (Å²) < 4.78 is 2.62. The van der Waals surface area contributed by atoms with Gasteiger partial charge in [0, 0.05) is 17.1 Å². The van der Waals surface area contributed by atoms with Crippen LogP contribution in [0.2, 0.25) is 0 Å². The van der Waals surface area contributed by atoms with E-state index in [1.807, 2.05) is 32.0 Å². The lowest BCUT2D eigenvalue weighted by Gasteiger charge is -2.09. The number of nitrogens with zero attached hydrogens (tertiary/aromatic N) is 2. The highest BCUT2D eigenvalue weighted by Crippen LogP contribution is 2.32. The Kier molecular flexibility index (Phi) is 3.75. The smallest absolute Gasteiger partial charge is 0.309 e. The van der Waals surface area contributed by atoms with Gasteiger partial charge in [0.1, 0.15) is 0 Å². The molecule has 0 fully saturated rings. The molecule has 0 saturated heterocycles. The lowest BCUT2D eigenvalue weighted by molar-refractivity contribution is -0.136. The first-order chi connectivity index (χ1) is 8.90. The Balaban J connectivity index is 2.67. The van der Waals surface area contributed by atoms with E-state index in [0.29, 0.717) is 0 Å². The molecule has 0 radical (unpaired) electrons. The van der Waals surface area contributed by atoms with Crippen molar-refractivity contribution in [2.24, 2.45) is 7.05 Å². The quantitative estimate of drug-likeness (QED) is 0.944. The second-order valence-corrected chi connectivity index (χ2v) is 5.48. The fourth-order valence-corrected chi connectivity index (χ4v) is 2.63. The molecule has 1 aromatic heterocycles. The number of aromatic nitrogens is 2. The van der Waals surface area contributed by atoms with E-state index in [4.69, 9.17) is 5.11 Å². The maximum atomic E-state index is 11.0. The van der Waals surface area contributed by atoms with E-state index in [1.54, 1.807) is 11.7 Å².